The fourth-order valence-corrected chi connectivity index (χ4v) is 3.72. The van der Waals surface area contributed by atoms with Crippen molar-refractivity contribution in [3.63, 3.8) is 0 Å². The van der Waals surface area contributed by atoms with Crippen LogP contribution in [0.1, 0.15) is 36.1 Å². The summed E-state index contributed by atoms with van der Waals surface area (Å²) in [7, 11) is 2.03. The van der Waals surface area contributed by atoms with Gasteiger partial charge in [-0.25, -0.2) is 9.97 Å². The molecule has 0 aliphatic carbocycles. The minimum atomic E-state index is 0.203. The van der Waals surface area contributed by atoms with Crippen molar-refractivity contribution >= 4 is 16.9 Å². The van der Waals surface area contributed by atoms with Gasteiger partial charge in [-0.15, -0.1) is 0 Å². The van der Waals surface area contributed by atoms with Crippen molar-refractivity contribution in [2.45, 2.75) is 32.1 Å². The molecule has 1 aliphatic heterocycles. The molecular formula is C19H23N5O. The number of likely N-dealkylation sites (tertiary alicyclic amines) is 1. The van der Waals surface area contributed by atoms with Gasteiger partial charge < -0.3 is 14.5 Å². The van der Waals surface area contributed by atoms with Crippen LogP contribution < -0.4 is 0 Å². The minimum absolute atomic E-state index is 0.203. The molecular weight excluding hydrogens is 314 g/mol. The zero-order chi connectivity index (χ0) is 17.4. The molecule has 0 spiro atoms. The first kappa shape index (κ1) is 15.9. The lowest BCUT2D eigenvalue weighted by Crippen LogP contribution is -2.29. The van der Waals surface area contributed by atoms with E-state index in [0.717, 1.165) is 47.9 Å². The molecule has 1 saturated heterocycles. The van der Waals surface area contributed by atoms with Gasteiger partial charge in [0.15, 0.2) is 0 Å². The highest BCUT2D eigenvalue weighted by atomic mass is 16.2. The van der Waals surface area contributed by atoms with Gasteiger partial charge in [-0.1, -0.05) is 12.1 Å². The molecule has 1 aliphatic rings. The summed E-state index contributed by atoms with van der Waals surface area (Å²) in [5.74, 6) is 2.51. The van der Waals surface area contributed by atoms with Crippen LogP contribution in [-0.4, -0.2) is 43.4 Å². The van der Waals surface area contributed by atoms with Crippen LogP contribution in [-0.2, 0) is 18.3 Å². The Morgan fingerprint density at radius 2 is 2.16 bits per heavy atom. The van der Waals surface area contributed by atoms with Crippen LogP contribution >= 0.6 is 0 Å². The topological polar surface area (TPSA) is 66.8 Å². The first-order valence-corrected chi connectivity index (χ1v) is 8.81. The number of amides is 1. The number of carbonyl (C=O) groups is 1. The summed E-state index contributed by atoms with van der Waals surface area (Å²) in [6.45, 7) is 3.59. The molecule has 6 heteroatoms. The third-order valence-electron chi connectivity index (χ3n) is 4.95. The van der Waals surface area contributed by atoms with E-state index in [0.29, 0.717) is 18.8 Å². The Kier molecular flexibility index (Phi) is 4.03. The first-order valence-electron chi connectivity index (χ1n) is 8.81. The molecule has 3 heterocycles. The number of nitrogens with one attached hydrogen (secondary N) is 1. The van der Waals surface area contributed by atoms with Crippen LogP contribution in [0.15, 0.2) is 30.5 Å². The maximum atomic E-state index is 12.6. The number of aromatic amines is 1. The second kappa shape index (κ2) is 6.35. The van der Waals surface area contributed by atoms with E-state index in [1.807, 2.05) is 49.3 Å². The molecule has 0 unspecified atom stereocenters. The molecule has 1 aromatic carbocycles. The molecule has 130 valence electrons. The highest BCUT2D eigenvalue weighted by Crippen LogP contribution is 2.27. The molecule has 0 bridgehead atoms. The summed E-state index contributed by atoms with van der Waals surface area (Å²) in [6.07, 6.45) is 4.17. The lowest BCUT2D eigenvalue weighted by molar-refractivity contribution is -0.130. The number of para-hydroxylation sites is 2. The van der Waals surface area contributed by atoms with Gasteiger partial charge in [0.05, 0.1) is 16.7 Å². The van der Waals surface area contributed by atoms with Crippen molar-refractivity contribution < 1.29 is 4.79 Å². The molecule has 6 nitrogen and oxygen atoms in total. The molecule has 25 heavy (non-hydrogen) atoms. The van der Waals surface area contributed by atoms with Gasteiger partial charge in [-0.2, -0.15) is 0 Å². The molecule has 1 atom stereocenters. The van der Waals surface area contributed by atoms with E-state index in [-0.39, 0.29) is 5.91 Å². The highest BCUT2D eigenvalue weighted by Gasteiger charge is 2.29. The fourth-order valence-electron chi connectivity index (χ4n) is 3.72. The Morgan fingerprint density at radius 1 is 1.32 bits per heavy atom. The van der Waals surface area contributed by atoms with Crippen LogP contribution in [0.4, 0.5) is 0 Å². The Morgan fingerprint density at radius 3 is 2.92 bits per heavy atom. The molecule has 4 rings (SSSR count). The summed E-state index contributed by atoms with van der Waals surface area (Å²) in [5, 5.41) is 0. The smallest absolute Gasteiger partial charge is 0.223 e. The van der Waals surface area contributed by atoms with Crippen LogP contribution in [0, 0.1) is 6.92 Å². The van der Waals surface area contributed by atoms with Crippen molar-refractivity contribution in [1.82, 2.24) is 24.4 Å². The maximum absolute atomic E-state index is 12.6. The Balaban J connectivity index is 1.36. The zero-order valence-corrected chi connectivity index (χ0v) is 14.7. The lowest BCUT2D eigenvalue weighted by atomic mass is 10.1. The van der Waals surface area contributed by atoms with Crippen LogP contribution in [0.5, 0.6) is 0 Å². The van der Waals surface area contributed by atoms with Crippen molar-refractivity contribution in [2.75, 3.05) is 13.1 Å². The predicted molar refractivity (Wildman–Crippen MR) is 96.3 cm³/mol. The van der Waals surface area contributed by atoms with E-state index in [1.54, 1.807) is 0 Å². The normalized spacial score (nSPS) is 17.5. The van der Waals surface area contributed by atoms with E-state index in [4.69, 9.17) is 0 Å². The van der Waals surface area contributed by atoms with E-state index < -0.39 is 0 Å². The average molecular weight is 337 g/mol. The van der Waals surface area contributed by atoms with E-state index in [2.05, 4.69) is 19.5 Å². The third kappa shape index (κ3) is 3.16. The number of fused-ring (bicyclic) bond motifs is 1. The number of H-pyrrole nitrogens is 1. The number of aromatic nitrogens is 4. The van der Waals surface area contributed by atoms with Gasteiger partial charge in [0.2, 0.25) is 5.91 Å². The monoisotopic (exact) mass is 337 g/mol. The second-order valence-electron chi connectivity index (χ2n) is 6.88. The zero-order valence-electron chi connectivity index (χ0n) is 14.7. The number of rotatable bonds is 4. The SMILES string of the molecule is Cc1cn(C)c([C@@H]2CCN(C(=O)CCc3nc4ccccc4[nH]3)C2)n1. The van der Waals surface area contributed by atoms with Gasteiger partial charge in [-0.3, -0.25) is 4.79 Å². The number of hydrogen-bond acceptors (Lipinski definition) is 3. The number of imidazole rings is 2. The Bertz CT molecular complexity index is 877. The Hall–Kier alpha value is -2.63. The molecule has 1 fully saturated rings. The van der Waals surface area contributed by atoms with E-state index >= 15 is 0 Å². The highest BCUT2D eigenvalue weighted by molar-refractivity contribution is 5.77. The quantitative estimate of drug-likeness (QED) is 0.795. The molecule has 0 saturated carbocycles. The number of nitrogens with zero attached hydrogens (tertiary/aromatic N) is 4. The molecule has 1 N–H and O–H groups in total. The lowest BCUT2D eigenvalue weighted by Gasteiger charge is -2.16. The van der Waals surface area contributed by atoms with Gasteiger partial charge in [-0.05, 0) is 25.5 Å². The average Bonchev–Trinajstić information content (AvgIpc) is 3.30. The summed E-state index contributed by atoms with van der Waals surface area (Å²) < 4.78 is 2.09. The second-order valence-corrected chi connectivity index (χ2v) is 6.88. The van der Waals surface area contributed by atoms with E-state index in [1.165, 1.54) is 0 Å². The molecule has 2 aromatic heterocycles. The summed E-state index contributed by atoms with van der Waals surface area (Å²) in [6, 6.07) is 7.95. The largest absolute Gasteiger partial charge is 0.342 e. The third-order valence-corrected chi connectivity index (χ3v) is 4.95. The molecule has 3 aromatic rings. The number of aryl methyl sites for hydroxylation is 3. The predicted octanol–water partition coefficient (Wildman–Crippen LogP) is 2.55. The fraction of sp³-hybridized carbons (Fsp3) is 0.421. The van der Waals surface area contributed by atoms with Gasteiger partial charge in [0, 0.05) is 45.1 Å². The van der Waals surface area contributed by atoms with Crippen LogP contribution in [0.3, 0.4) is 0 Å². The number of benzene rings is 1. The molecule has 0 radical (unpaired) electrons. The van der Waals surface area contributed by atoms with Crippen molar-refractivity contribution in [3.8, 4) is 0 Å². The maximum Gasteiger partial charge on any atom is 0.223 e. The van der Waals surface area contributed by atoms with Gasteiger partial charge in [0.25, 0.3) is 0 Å². The van der Waals surface area contributed by atoms with Crippen LogP contribution in [0.25, 0.3) is 11.0 Å². The summed E-state index contributed by atoms with van der Waals surface area (Å²) in [5.41, 5.74) is 3.01. The Labute approximate surface area is 146 Å². The summed E-state index contributed by atoms with van der Waals surface area (Å²) >= 11 is 0. The molecule has 1 amide bonds. The van der Waals surface area contributed by atoms with Gasteiger partial charge in [0.1, 0.15) is 11.6 Å². The van der Waals surface area contributed by atoms with Crippen LogP contribution in [0.2, 0.25) is 0 Å². The standard InChI is InChI=1S/C19H23N5O/c1-13-11-23(2)19(20-13)14-9-10-24(12-14)18(25)8-7-17-21-15-5-3-4-6-16(15)22-17/h3-6,11,14H,7-10,12H2,1-2H3,(H,21,22)/t14-/m1/s1. The van der Waals surface area contributed by atoms with Gasteiger partial charge >= 0.3 is 0 Å². The minimum Gasteiger partial charge on any atom is -0.342 e. The summed E-state index contributed by atoms with van der Waals surface area (Å²) in [4.78, 5) is 27.0. The van der Waals surface area contributed by atoms with Crippen molar-refractivity contribution in [2.24, 2.45) is 7.05 Å². The first-order chi connectivity index (χ1) is 12.1. The number of hydrogen-bond donors (Lipinski definition) is 1. The van der Waals surface area contributed by atoms with Crippen molar-refractivity contribution in [1.29, 1.82) is 0 Å². The van der Waals surface area contributed by atoms with Crippen molar-refractivity contribution in [3.05, 3.63) is 47.8 Å². The van der Waals surface area contributed by atoms with E-state index in [9.17, 15) is 4.79 Å². The number of carbonyl (C=O) groups excluding carboxylic acids is 1.